The summed E-state index contributed by atoms with van der Waals surface area (Å²) in [5, 5.41) is 5.70. The maximum Gasteiger partial charge on any atom is 0.178 e. The third-order valence-electron chi connectivity index (χ3n) is 6.80. The van der Waals surface area contributed by atoms with E-state index in [1.54, 1.807) is 17.4 Å². The first-order valence-electron chi connectivity index (χ1n) is 12.6. The van der Waals surface area contributed by atoms with Gasteiger partial charge in [-0.25, -0.2) is 23.7 Å². The number of nitrogens with one attached hydrogen (secondary N) is 1. The van der Waals surface area contributed by atoms with Gasteiger partial charge in [-0.1, -0.05) is 17.4 Å². The highest BCUT2D eigenvalue weighted by Gasteiger charge is 2.26. The van der Waals surface area contributed by atoms with Crippen LogP contribution in [-0.4, -0.2) is 60.3 Å². The van der Waals surface area contributed by atoms with Crippen LogP contribution < -0.4 is 19.9 Å². The van der Waals surface area contributed by atoms with Crippen molar-refractivity contribution in [2.24, 2.45) is 0 Å². The third-order valence-corrected chi connectivity index (χ3v) is 7.90. The van der Waals surface area contributed by atoms with Crippen LogP contribution in [0.25, 0.3) is 21.5 Å². The van der Waals surface area contributed by atoms with Crippen molar-refractivity contribution >= 4 is 32.2 Å². The molecule has 0 amide bonds. The second-order valence-corrected chi connectivity index (χ2v) is 10.6. The number of nitrogens with zero attached hydrogens (tertiary/aromatic N) is 5. The highest BCUT2D eigenvalue weighted by molar-refractivity contribution is 7.22. The lowest BCUT2D eigenvalue weighted by Crippen LogP contribution is -2.43. The lowest BCUT2D eigenvalue weighted by molar-refractivity contribution is 0.287. The van der Waals surface area contributed by atoms with Gasteiger partial charge in [-0.05, 0) is 38.1 Å². The number of halogens is 2. The van der Waals surface area contributed by atoms with Crippen LogP contribution in [0.4, 0.5) is 19.5 Å². The Bertz CT molecular complexity index is 1450. The molecule has 1 fully saturated rings. The van der Waals surface area contributed by atoms with Crippen molar-refractivity contribution < 1.29 is 13.5 Å². The molecule has 0 atom stereocenters. The molecule has 0 bridgehead atoms. The zero-order valence-electron chi connectivity index (χ0n) is 20.8. The number of anilines is 2. The van der Waals surface area contributed by atoms with Gasteiger partial charge < -0.3 is 19.9 Å². The summed E-state index contributed by atoms with van der Waals surface area (Å²) in [6, 6.07) is 9.38. The molecular formula is C27H28F2N6OS. The Morgan fingerprint density at radius 2 is 1.89 bits per heavy atom. The predicted octanol–water partition coefficient (Wildman–Crippen LogP) is 4.64. The number of hydrogen-bond donors (Lipinski definition) is 1. The Morgan fingerprint density at radius 1 is 1.05 bits per heavy atom. The van der Waals surface area contributed by atoms with Crippen molar-refractivity contribution in [3.05, 3.63) is 59.7 Å². The molecule has 1 N–H and O–H groups in total. The molecule has 7 nitrogen and oxygen atoms in total. The van der Waals surface area contributed by atoms with Crippen molar-refractivity contribution in [2.75, 3.05) is 49.1 Å². The number of hydrogen-bond acceptors (Lipinski definition) is 8. The van der Waals surface area contributed by atoms with E-state index in [2.05, 4.69) is 37.2 Å². The topological polar surface area (TPSA) is 66.4 Å². The van der Waals surface area contributed by atoms with E-state index in [1.165, 1.54) is 11.1 Å². The van der Waals surface area contributed by atoms with Crippen LogP contribution in [0.5, 0.6) is 5.75 Å². The quantitative estimate of drug-likeness (QED) is 0.410. The Balaban J connectivity index is 1.30. The van der Waals surface area contributed by atoms with Crippen LogP contribution in [0.1, 0.15) is 25.4 Å². The predicted molar refractivity (Wildman–Crippen MR) is 143 cm³/mol. The summed E-state index contributed by atoms with van der Waals surface area (Å²) in [4.78, 5) is 18.9. The summed E-state index contributed by atoms with van der Waals surface area (Å²) >= 11 is 1.68. The molecule has 2 aliphatic heterocycles. The number of aromatic nitrogens is 3. The van der Waals surface area contributed by atoms with Gasteiger partial charge in [-0.3, -0.25) is 0 Å². The number of pyridine rings is 1. The summed E-state index contributed by atoms with van der Waals surface area (Å²) in [6.45, 7) is 9.04. The van der Waals surface area contributed by atoms with E-state index >= 15 is 0 Å². The molecule has 0 radical (unpaired) electrons. The molecule has 37 heavy (non-hydrogen) atoms. The van der Waals surface area contributed by atoms with Crippen molar-refractivity contribution in [1.29, 1.82) is 0 Å². The van der Waals surface area contributed by atoms with Gasteiger partial charge >= 0.3 is 0 Å². The van der Waals surface area contributed by atoms with Gasteiger partial charge in [-0.15, -0.1) is 0 Å². The molecule has 1 saturated heterocycles. The second-order valence-electron chi connectivity index (χ2n) is 9.62. The van der Waals surface area contributed by atoms with Crippen molar-refractivity contribution in [3.63, 3.8) is 0 Å². The van der Waals surface area contributed by atoms with Gasteiger partial charge in [0.15, 0.2) is 17.4 Å². The normalized spacial score (nSPS) is 15.8. The maximum atomic E-state index is 15.0. The summed E-state index contributed by atoms with van der Waals surface area (Å²) in [5.41, 5.74) is 1.84. The van der Waals surface area contributed by atoms with E-state index in [0.29, 0.717) is 36.6 Å². The largest absolute Gasteiger partial charge is 0.486 e. The van der Waals surface area contributed by atoms with E-state index < -0.39 is 11.6 Å². The molecule has 10 heteroatoms. The van der Waals surface area contributed by atoms with Crippen LogP contribution in [-0.2, 0) is 6.42 Å². The van der Waals surface area contributed by atoms with Gasteiger partial charge in [-0.2, -0.15) is 0 Å². The van der Waals surface area contributed by atoms with Crippen LogP contribution in [0.3, 0.4) is 0 Å². The van der Waals surface area contributed by atoms with Crippen LogP contribution in [0.15, 0.2) is 36.5 Å². The molecule has 0 saturated carbocycles. The molecule has 0 spiro atoms. The number of fused-ring (bicyclic) bond motifs is 2. The lowest BCUT2D eigenvalue weighted by Gasteiger charge is -2.34. The summed E-state index contributed by atoms with van der Waals surface area (Å²) in [7, 11) is 0. The summed E-state index contributed by atoms with van der Waals surface area (Å²) in [5.74, 6) is -0.495. The van der Waals surface area contributed by atoms with E-state index in [-0.39, 0.29) is 17.5 Å². The van der Waals surface area contributed by atoms with Crippen molar-refractivity contribution in [3.8, 4) is 17.0 Å². The molecule has 2 aliphatic rings. The highest BCUT2D eigenvalue weighted by Crippen LogP contribution is 2.39. The zero-order chi connectivity index (χ0) is 25.5. The Hall–Kier alpha value is -3.37. The molecule has 1 aromatic carbocycles. The molecule has 3 aromatic heterocycles. The summed E-state index contributed by atoms with van der Waals surface area (Å²) < 4.78 is 35.4. The SMILES string of the molecule is CC(C)N1CCOc2c(F)cc(-c3nc(Cc4ccc5cc(N6CCNCC6)sc5n4)ncc3F)cc21. The lowest BCUT2D eigenvalue weighted by atomic mass is 10.1. The van der Waals surface area contributed by atoms with Crippen molar-refractivity contribution in [1.82, 2.24) is 20.3 Å². The number of benzene rings is 1. The monoisotopic (exact) mass is 522 g/mol. The third kappa shape index (κ3) is 4.71. The first-order valence-corrected chi connectivity index (χ1v) is 13.4. The minimum Gasteiger partial charge on any atom is -0.486 e. The van der Waals surface area contributed by atoms with Gasteiger partial charge in [0.05, 0.1) is 29.9 Å². The average Bonchev–Trinajstić information content (AvgIpc) is 3.33. The van der Waals surface area contributed by atoms with Gasteiger partial charge in [0.2, 0.25) is 0 Å². The standard InChI is InChI=1S/C27H28F2N6OS/c1-16(2)35-9-10-36-26-20(28)11-18(12-22(26)35)25-21(29)15-31-23(33-25)14-19-4-3-17-13-24(37-27(17)32-19)34-7-5-30-6-8-34/h3-4,11-13,15-16,30H,5-10,14H2,1-2H3. The number of rotatable bonds is 5. The minimum absolute atomic E-state index is 0.0687. The van der Waals surface area contributed by atoms with E-state index in [4.69, 9.17) is 9.72 Å². The Labute approximate surface area is 218 Å². The fourth-order valence-corrected chi connectivity index (χ4v) is 6.01. The first kappa shape index (κ1) is 24.0. The van der Waals surface area contributed by atoms with E-state index in [1.807, 2.05) is 19.9 Å². The van der Waals surface area contributed by atoms with Crippen molar-refractivity contribution in [2.45, 2.75) is 26.3 Å². The number of thiophene rings is 1. The van der Waals surface area contributed by atoms with E-state index in [0.717, 1.165) is 48.3 Å². The maximum absolute atomic E-state index is 15.0. The second kappa shape index (κ2) is 9.83. The highest BCUT2D eigenvalue weighted by atomic mass is 32.1. The average molecular weight is 523 g/mol. The fourth-order valence-electron chi connectivity index (χ4n) is 4.91. The zero-order valence-corrected chi connectivity index (χ0v) is 21.6. The Morgan fingerprint density at radius 3 is 2.70 bits per heavy atom. The number of ether oxygens (including phenoxy) is 1. The minimum atomic E-state index is -0.599. The van der Waals surface area contributed by atoms with Crippen LogP contribution >= 0.6 is 11.3 Å². The smallest absolute Gasteiger partial charge is 0.178 e. The molecular weight excluding hydrogens is 494 g/mol. The van der Waals surface area contributed by atoms with E-state index in [9.17, 15) is 8.78 Å². The molecule has 4 aromatic rings. The molecule has 6 rings (SSSR count). The van der Waals surface area contributed by atoms with Crippen LogP contribution in [0.2, 0.25) is 0 Å². The first-order chi connectivity index (χ1) is 18.0. The molecule has 0 aliphatic carbocycles. The van der Waals surface area contributed by atoms with Gasteiger partial charge in [0.1, 0.15) is 23.0 Å². The van der Waals surface area contributed by atoms with Gasteiger partial charge in [0.25, 0.3) is 0 Å². The number of piperazine rings is 1. The molecule has 0 unspecified atom stereocenters. The Kier molecular flexibility index (Phi) is 6.37. The molecule has 5 heterocycles. The summed E-state index contributed by atoms with van der Waals surface area (Å²) in [6.07, 6.45) is 1.50. The van der Waals surface area contributed by atoms with Gasteiger partial charge in [0, 0.05) is 48.9 Å². The fraction of sp³-hybridized carbons (Fsp3) is 0.370. The van der Waals surface area contributed by atoms with Crippen LogP contribution in [0, 0.1) is 11.6 Å². The molecule has 192 valence electrons.